The number of hydrogen-bond donors (Lipinski definition) is 2. The van der Waals surface area contributed by atoms with Gasteiger partial charge in [-0.15, -0.1) is 0 Å². The topological polar surface area (TPSA) is 70.7 Å². The molecule has 1 saturated heterocycles. The molecule has 194 valence electrons. The van der Waals surface area contributed by atoms with Gasteiger partial charge in [0.05, 0.1) is 17.9 Å². The molecule has 6 nitrogen and oxygen atoms in total. The van der Waals surface area contributed by atoms with Crippen LogP contribution in [0.3, 0.4) is 0 Å². The second kappa shape index (κ2) is 12.9. The molecule has 1 fully saturated rings. The number of nitrogens with one attached hydrogen (secondary N) is 2. The third-order valence-corrected chi connectivity index (χ3v) is 6.89. The van der Waals surface area contributed by atoms with Crippen LogP contribution < -0.4 is 15.4 Å². The number of anilines is 1. The first-order valence-electron chi connectivity index (χ1n) is 12.9. The van der Waals surface area contributed by atoms with E-state index in [1.165, 1.54) is 0 Å². The second-order valence-corrected chi connectivity index (χ2v) is 10.7. The van der Waals surface area contributed by atoms with Crippen LogP contribution in [0.2, 0.25) is 0 Å². The lowest BCUT2D eigenvalue weighted by molar-refractivity contribution is -0.128. The molecule has 1 heterocycles. The molecule has 0 bridgehead atoms. The third-order valence-electron chi connectivity index (χ3n) is 6.69. The Balaban J connectivity index is 1.52. The third kappa shape index (κ3) is 7.79. The van der Waals surface area contributed by atoms with Crippen molar-refractivity contribution in [3.8, 4) is 5.75 Å². The first-order valence-corrected chi connectivity index (χ1v) is 13.3. The lowest BCUT2D eigenvalue weighted by Gasteiger charge is -2.25. The summed E-state index contributed by atoms with van der Waals surface area (Å²) in [5.74, 6) is 0.720. The molecule has 2 aromatic carbocycles. The number of hydrogen-bond acceptors (Lipinski definition) is 4. The number of carbonyl (C=O) groups is 2. The molecule has 0 saturated carbocycles. The second-order valence-electron chi connectivity index (χ2n) is 10.3. The van der Waals surface area contributed by atoms with Crippen LogP contribution in [0, 0.1) is 19.3 Å². The van der Waals surface area contributed by atoms with Crippen molar-refractivity contribution in [1.82, 2.24) is 10.2 Å². The fourth-order valence-electron chi connectivity index (χ4n) is 4.32. The SMILES string of the molecule is Cc1ccc(C)c(OCCCC(C)(C)C(=O)NC(=S)Nc2ccccc2C(=O)N2CCCCCC2)c1. The number of likely N-dealkylation sites (tertiary alicyclic amines) is 1. The number of aryl methyl sites for hydroxylation is 2. The molecular weight excluding hydrogens is 470 g/mol. The molecule has 2 amide bonds. The van der Waals surface area contributed by atoms with Crippen molar-refractivity contribution in [2.45, 2.75) is 66.2 Å². The van der Waals surface area contributed by atoms with Crippen LogP contribution >= 0.6 is 12.2 Å². The van der Waals surface area contributed by atoms with E-state index in [4.69, 9.17) is 17.0 Å². The summed E-state index contributed by atoms with van der Waals surface area (Å²) in [5.41, 5.74) is 2.81. The van der Waals surface area contributed by atoms with E-state index < -0.39 is 5.41 Å². The van der Waals surface area contributed by atoms with Gasteiger partial charge in [0.2, 0.25) is 5.91 Å². The van der Waals surface area contributed by atoms with Gasteiger partial charge in [-0.3, -0.25) is 9.59 Å². The first kappa shape index (κ1) is 27.7. The number of nitrogens with zero attached hydrogens (tertiary/aromatic N) is 1. The maximum atomic E-state index is 13.2. The van der Waals surface area contributed by atoms with Crippen molar-refractivity contribution in [3.63, 3.8) is 0 Å². The molecule has 2 aromatic rings. The van der Waals surface area contributed by atoms with Gasteiger partial charge in [0.25, 0.3) is 5.91 Å². The zero-order chi connectivity index (χ0) is 26.1. The van der Waals surface area contributed by atoms with E-state index in [9.17, 15) is 9.59 Å². The van der Waals surface area contributed by atoms with Gasteiger partial charge in [-0.25, -0.2) is 0 Å². The molecule has 36 heavy (non-hydrogen) atoms. The van der Waals surface area contributed by atoms with E-state index in [0.29, 0.717) is 24.3 Å². The minimum absolute atomic E-state index is 0.00157. The summed E-state index contributed by atoms with van der Waals surface area (Å²) in [7, 11) is 0. The fraction of sp³-hybridized carbons (Fsp3) is 0.483. The average Bonchev–Trinajstić information content (AvgIpc) is 3.13. The van der Waals surface area contributed by atoms with Crippen LogP contribution in [0.25, 0.3) is 0 Å². The molecule has 0 aliphatic carbocycles. The van der Waals surface area contributed by atoms with Gasteiger partial charge in [-0.1, -0.05) is 51.0 Å². The van der Waals surface area contributed by atoms with Gasteiger partial charge in [-0.2, -0.15) is 0 Å². The van der Waals surface area contributed by atoms with Crippen molar-refractivity contribution < 1.29 is 14.3 Å². The number of para-hydroxylation sites is 1. The quantitative estimate of drug-likeness (QED) is 0.336. The number of ether oxygens (including phenoxy) is 1. The number of thiocarbonyl (C=S) groups is 1. The Hall–Kier alpha value is -2.93. The maximum absolute atomic E-state index is 13.2. The van der Waals surface area contributed by atoms with Crippen molar-refractivity contribution in [2.75, 3.05) is 25.0 Å². The van der Waals surface area contributed by atoms with Gasteiger partial charge in [0, 0.05) is 18.5 Å². The molecule has 3 rings (SSSR count). The Labute approximate surface area is 220 Å². The van der Waals surface area contributed by atoms with Crippen molar-refractivity contribution >= 4 is 34.8 Å². The van der Waals surface area contributed by atoms with Crippen molar-refractivity contribution in [3.05, 3.63) is 59.2 Å². The summed E-state index contributed by atoms with van der Waals surface area (Å²) in [6.07, 6.45) is 5.76. The van der Waals surface area contributed by atoms with E-state index in [1.54, 1.807) is 6.07 Å². The molecule has 1 aliphatic heterocycles. The molecular formula is C29H39N3O3S. The largest absolute Gasteiger partial charge is 0.493 e. The molecule has 0 radical (unpaired) electrons. The summed E-state index contributed by atoms with van der Waals surface area (Å²) in [6, 6.07) is 13.5. The van der Waals surface area contributed by atoms with Crippen LogP contribution in [0.4, 0.5) is 5.69 Å². The maximum Gasteiger partial charge on any atom is 0.255 e. The predicted octanol–water partition coefficient (Wildman–Crippen LogP) is 6.02. The molecule has 7 heteroatoms. The number of amides is 2. The van der Waals surface area contributed by atoms with E-state index in [-0.39, 0.29) is 16.9 Å². The Morgan fingerprint density at radius 2 is 1.72 bits per heavy atom. The highest BCUT2D eigenvalue weighted by Crippen LogP contribution is 2.25. The number of carbonyl (C=O) groups excluding carboxylic acids is 2. The smallest absolute Gasteiger partial charge is 0.255 e. The van der Waals surface area contributed by atoms with Crippen LogP contribution in [-0.4, -0.2) is 41.5 Å². The molecule has 0 spiro atoms. The van der Waals surface area contributed by atoms with Gasteiger partial charge in [0.15, 0.2) is 5.11 Å². The average molecular weight is 510 g/mol. The summed E-state index contributed by atoms with van der Waals surface area (Å²) < 4.78 is 5.94. The van der Waals surface area contributed by atoms with Crippen LogP contribution in [0.5, 0.6) is 5.75 Å². The number of rotatable bonds is 8. The molecule has 2 N–H and O–H groups in total. The van der Waals surface area contributed by atoms with E-state index >= 15 is 0 Å². The highest BCUT2D eigenvalue weighted by molar-refractivity contribution is 7.80. The number of benzene rings is 2. The first-order chi connectivity index (χ1) is 17.2. The van der Waals surface area contributed by atoms with Crippen LogP contribution in [0.1, 0.15) is 73.9 Å². The fourth-order valence-corrected chi connectivity index (χ4v) is 4.52. The molecule has 1 aliphatic rings. The van der Waals surface area contributed by atoms with E-state index in [1.807, 2.05) is 56.9 Å². The van der Waals surface area contributed by atoms with Crippen molar-refractivity contribution in [1.29, 1.82) is 0 Å². The normalized spacial score (nSPS) is 14.1. The van der Waals surface area contributed by atoms with Crippen LogP contribution in [0.15, 0.2) is 42.5 Å². The summed E-state index contributed by atoms with van der Waals surface area (Å²) in [6.45, 7) is 9.96. The summed E-state index contributed by atoms with van der Waals surface area (Å²) in [4.78, 5) is 28.1. The van der Waals surface area contributed by atoms with E-state index in [2.05, 4.69) is 22.8 Å². The Morgan fingerprint density at radius 3 is 2.44 bits per heavy atom. The minimum Gasteiger partial charge on any atom is -0.493 e. The van der Waals surface area contributed by atoms with Gasteiger partial charge in [-0.05, 0) is 81.1 Å². The highest BCUT2D eigenvalue weighted by atomic mass is 32.1. The Bertz CT molecular complexity index is 1080. The zero-order valence-electron chi connectivity index (χ0n) is 22.0. The highest BCUT2D eigenvalue weighted by Gasteiger charge is 2.28. The summed E-state index contributed by atoms with van der Waals surface area (Å²) in [5, 5.41) is 6.08. The van der Waals surface area contributed by atoms with Gasteiger partial charge >= 0.3 is 0 Å². The summed E-state index contributed by atoms with van der Waals surface area (Å²) >= 11 is 5.44. The molecule has 0 aromatic heterocycles. The monoisotopic (exact) mass is 509 g/mol. The van der Waals surface area contributed by atoms with Gasteiger partial charge < -0.3 is 20.3 Å². The lowest BCUT2D eigenvalue weighted by atomic mass is 9.87. The predicted molar refractivity (Wildman–Crippen MR) is 150 cm³/mol. The lowest BCUT2D eigenvalue weighted by Crippen LogP contribution is -2.43. The van der Waals surface area contributed by atoms with Gasteiger partial charge in [0.1, 0.15) is 5.75 Å². The molecule has 0 atom stereocenters. The van der Waals surface area contributed by atoms with Crippen molar-refractivity contribution in [2.24, 2.45) is 5.41 Å². The zero-order valence-corrected chi connectivity index (χ0v) is 22.8. The standard InChI is InChI=1S/C29H39N3O3S/c1-21-14-15-22(2)25(20-21)35-19-11-16-29(3,4)27(34)31-28(36)30-24-13-8-7-12-23(24)26(33)32-17-9-5-6-10-18-32/h7-8,12-15,20H,5-6,9-11,16-19H2,1-4H3,(H2,30,31,34,36). The minimum atomic E-state index is -0.627. The Morgan fingerprint density at radius 1 is 1.03 bits per heavy atom. The molecule has 0 unspecified atom stereocenters. The Kier molecular flexibility index (Phi) is 9.88. The van der Waals surface area contributed by atoms with Crippen LogP contribution in [-0.2, 0) is 4.79 Å². The van der Waals surface area contributed by atoms with E-state index in [0.717, 1.165) is 62.1 Å².